The molecule has 0 fully saturated rings. The zero-order valence-electron chi connectivity index (χ0n) is 11.7. The molecule has 0 aliphatic rings. The standard InChI is InChI=1S/C15H23NO2/c1-5-12(4)16-14-9-11(3)7-8-13(14)10-15(17)18-6-2/h7-9,12,16H,5-6,10H2,1-4H3. The summed E-state index contributed by atoms with van der Waals surface area (Å²) >= 11 is 0. The Morgan fingerprint density at radius 1 is 1.39 bits per heavy atom. The van der Waals surface area contributed by atoms with E-state index in [1.807, 2.05) is 19.1 Å². The number of anilines is 1. The van der Waals surface area contributed by atoms with Crippen LogP contribution in [0.4, 0.5) is 5.69 Å². The third-order valence-electron chi connectivity index (χ3n) is 2.92. The predicted octanol–water partition coefficient (Wildman–Crippen LogP) is 3.31. The Labute approximate surface area is 110 Å². The highest BCUT2D eigenvalue weighted by Gasteiger charge is 2.10. The number of benzene rings is 1. The first-order chi connectivity index (χ1) is 8.56. The van der Waals surface area contributed by atoms with Gasteiger partial charge in [0.25, 0.3) is 0 Å². The monoisotopic (exact) mass is 249 g/mol. The van der Waals surface area contributed by atoms with Gasteiger partial charge in [-0.15, -0.1) is 0 Å². The van der Waals surface area contributed by atoms with Gasteiger partial charge >= 0.3 is 5.97 Å². The summed E-state index contributed by atoms with van der Waals surface area (Å²) in [6, 6.07) is 6.50. The van der Waals surface area contributed by atoms with Crippen molar-refractivity contribution < 1.29 is 9.53 Å². The Kier molecular flexibility index (Phi) is 5.69. The molecule has 0 bridgehead atoms. The van der Waals surface area contributed by atoms with E-state index in [1.54, 1.807) is 0 Å². The lowest BCUT2D eigenvalue weighted by atomic mass is 10.1. The zero-order valence-corrected chi connectivity index (χ0v) is 11.7. The van der Waals surface area contributed by atoms with Crippen LogP contribution < -0.4 is 5.32 Å². The fourth-order valence-corrected chi connectivity index (χ4v) is 1.71. The lowest BCUT2D eigenvalue weighted by Gasteiger charge is -2.17. The lowest BCUT2D eigenvalue weighted by molar-refractivity contribution is -0.142. The van der Waals surface area contributed by atoms with Crippen molar-refractivity contribution in [1.82, 2.24) is 0 Å². The van der Waals surface area contributed by atoms with E-state index < -0.39 is 0 Å². The molecule has 1 aromatic carbocycles. The topological polar surface area (TPSA) is 38.3 Å². The van der Waals surface area contributed by atoms with Crippen LogP contribution in [-0.4, -0.2) is 18.6 Å². The van der Waals surface area contributed by atoms with Crippen LogP contribution in [-0.2, 0) is 16.0 Å². The van der Waals surface area contributed by atoms with Crippen molar-refractivity contribution in [3.05, 3.63) is 29.3 Å². The molecular formula is C15H23NO2. The number of ether oxygens (including phenoxy) is 1. The van der Waals surface area contributed by atoms with E-state index in [2.05, 4.69) is 32.2 Å². The van der Waals surface area contributed by atoms with Gasteiger partial charge in [0.05, 0.1) is 13.0 Å². The van der Waals surface area contributed by atoms with Crippen molar-refractivity contribution in [3.8, 4) is 0 Å². The van der Waals surface area contributed by atoms with E-state index in [4.69, 9.17) is 4.74 Å². The second kappa shape index (κ2) is 7.04. The van der Waals surface area contributed by atoms with Crippen molar-refractivity contribution in [2.45, 2.75) is 46.6 Å². The highest BCUT2D eigenvalue weighted by Crippen LogP contribution is 2.20. The minimum absolute atomic E-state index is 0.173. The van der Waals surface area contributed by atoms with Crippen LogP contribution >= 0.6 is 0 Å². The highest BCUT2D eigenvalue weighted by molar-refractivity contribution is 5.75. The van der Waals surface area contributed by atoms with Crippen LogP contribution in [0.25, 0.3) is 0 Å². The number of carbonyl (C=O) groups is 1. The van der Waals surface area contributed by atoms with Gasteiger partial charge in [-0.05, 0) is 44.4 Å². The Morgan fingerprint density at radius 3 is 2.72 bits per heavy atom. The van der Waals surface area contributed by atoms with Gasteiger partial charge in [-0.3, -0.25) is 4.79 Å². The average molecular weight is 249 g/mol. The molecule has 0 saturated heterocycles. The van der Waals surface area contributed by atoms with Gasteiger partial charge in [0, 0.05) is 11.7 Å². The third kappa shape index (κ3) is 4.40. The number of nitrogens with one attached hydrogen (secondary N) is 1. The molecule has 0 aliphatic heterocycles. The van der Waals surface area contributed by atoms with Gasteiger partial charge in [-0.1, -0.05) is 19.1 Å². The molecule has 0 heterocycles. The summed E-state index contributed by atoms with van der Waals surface area (Å²) in [6.45, 7) is 8.58. The number of aryl methyl sites for hydroxylation is 1. The van der Waals surface area contributed by atoms with Crippen molar-refractivity contribution in [2.24, 2.45) is 0 Å². The van der Waals surface area contributed by atoms with Crippen molar-refractivity contribution in [3.63, 3.8) is 0 Å². The molecule has 1 rings (SSSR count). The molecule has 0 spiro atoms. The van der Waals surface area contributed by atoms with E-state index in [0.29, 0.717) is 19.1 Å². The van der Waals surface area contributed by atoms with Gasteiger partial charge in [-0.25, -0.2) is 0 Å². The Balaban J connectivity index is 2.85. The Bertz CT molecular complexity index is 401. The normalized spacial score (nSPS) is 12.0. The van der Waals surface area contributed by atoms with Crippen LogP contribution in [0.1, 0.15) is 38.3 Å². The molecule has 3 nitrogen and oxygen atoms in total. The number of esters is 1. The molecule has 18 heavy (non-hydrogen) atoms. The van der Waals surface area contributed by atoms with Gasteiger partial charge in [0.2, 0.25) is 0 Å². The number of carbonyl (C=O) groups excluding carboxylic acids is 1. The largest absolute Gasteiger partial charge is 0.466 e. The number of hydrogen-bond donors (Lipinski definition) is 1. The van der Waals surface area contributed by atoms with Crippen molar-refractivity contribution in [1.29, 1.82) is 0 Å². The lowest BCUT2D eigenvalue weighted by Crippen LogP contribution is -2.16. The minimum Gasteiger partial charge on any atom is -0.466 e. The van der Waals surface area contributed by atoms with Crippen LogP contribution in [0.2, 0.25) is 0 Å². The summed E-state index contributed by atoms with van der Waals surface area (Å²) in [5.41, 5.74) is 3.23. The first-order valence-electron chi connectivity index (χ1n) is 6.58. The molecule has 1 aromatic rings. The fourth-order valence-electron chi connectivity index (χ4n) is 1.71. The molecule has 1 unspecified atom stereocenters. The summed E-state index contributed by atoms with van der Waals surface area (Å²) in [4.78, 5) is 11.6. The van der Waals surface area contributed by atoms with Crippen molar-refractivity contribution >= 4 is 11.7 Å². The average Bonchev–Trinajstić information content (AvgIpc) is 2.33. The summed E-state index contributed by atoms with van der Waals surface area (Å²) in [7, 11) is 0. The van der Waals surface area contributed by atoms with E-state index in [1.165, 1.54) is 5.56 Å². The number of rotatable bonds is 6. The molecule has 0 amide bonds. The van der Waals surface area contributed by atoms with Crippen LogP contribution in [0.3, 0.4) is 0 Å². The van der Waals surface area contributed by atoms with Crippen LogP contribution in [0.5, 0.6) is 0 Å². The molecule has 0 radical (unpaired) electrons. The second-order valence-electron chi connectivity index (χ2n) is 4.60. The van der Waals surface area contributed by atoms with E-state index in [9.17, 15) is 4.79 Å². The van der Waals surface area contributed by atoms with Gasteiger partial charge in [0.15, 0.2) is 0 Å². The number of hydrogen-bond acceptors (Lipinski definition) is 3. The molecular weight excluding hydrogens is 226 g/mol. The van der Waals surface area contributed by atoms with E-state index in [-0.39, 0.29) is 5.97 Å². The minimum atomic E-state index is -0.173. The molecule has 1 atom stereocenters. The van der Waals surface area contributed by atoms with E-state index >= 15 is 0 Å². The SMILES string of the molecule is CCOC(=O)Cc1ccc(C)cc1NC(C)CC. The summed E-state index contributed by atoms with van der Waals surface area (Å²) in [5, 5.41) is 3.44. The van der Waals surface area contributed by atoms with Gasteiger partial charge < -0.3 is 10.1 Å². The molecule has 0 aliphatic carbocycles. The fraction of sp³-hybridized carbons (Fsp3) is 0.533. The molecule has 1 N–H and O–H groups in total. The van der Waals surface area contributed by atoms with Gasteiger partial charge in [-0.2, -0.15) is 0 Å². The summed E-state index contributed by atoms with van der Waals surface area (Å²) in [5.74, 6) is -0.173. The first-order valence-corrected chi connectivity index (χ1v) is 6.58. The smallest absolute Gasteiger partial charge is 0.310 e. The quantitative estimate of drug-likeness (QED) is 0.786. The van der Waals surface area contributed by atoms with Crippen molar-refractivity contribution in [2.75, 3.05) is 11.9 Å². The maximum atomic E-state index is 11.6. The zero-order chi connectivity index (χ0) is 13.5. The maximum absolute atomic E-state index is 11.6. The van der Waals surface area contributed by atoms with Crippen LogP contribution in [0, 0.1) is 6.92 Å². The van der Waals surface area contributed by atoms with Gasteiger partial charge in [0.1, 0.15) is 0 Å². The first kappa shape index (κ1) is 14.6. The van der Waals surface area contributed by atoms with Crippen LogP contribution in [0.15, 0.2) is 18.2 Å². The van der Waals surface area contributed by atoms with E-state index in [0.717, 1.165) is 17.7 Å². The highest BCUT2D eigenvalue weighted by atomic mass is 16.5. The molecule has 3 heteroatoms. The molecule has 0 saturated carbocycles. The summed E-state index contributed by atoms with van der Waals surface area (Å²) < 4.78 is 5.00. The Morgan fingerprint density at radius 2 is 2.11 bits per heavy atom. The predicted molar refractivity (Wildman–Crippen MR) is 74.9 cm³/mol. The molecule has 100 valence electrons. The maximum Gasteiger partial charge on any atom is 0.310 e. The Hall–Kier alpha value is -1.51. The second-order valence-corrected chi connectivity index (χ2v) is 4.60. The molecule has 0 aromatic heterocycles. The third-order valence-corrected chi connectivity index (χ3v) is 2.92. The summed E-state index contributed by atoms with van der Waals surface area (Å²) in [6.07, 6.45) is 1.37.